The van der Waals surface area contributed by atoms with E-state index in [4.69, 9.17) is 15.0 Å². The van der Waals surface area contributed by atoms with E-state index in [9.17, 15) is 0 Å². The van der Waals surface area contributed by atoms with Gasteiger partial charge in [-0.1, -0.05) is 182 Å². The molecule has 58 heavy (non-hydrogen) atoms. The van der Waals surface area contributed by atoms with Gasteiger partial charge < -0.3 is 0 Å². The maximum absolute atomic E-state index is 5.23. The highest BCUT2D eigenvalue weighted by molar-refractivity contribution is 5.99. The third kappa shape index (κ3) is 6.16. The molecule has 1 heterocycles. The lowest BCUT2D eigenvalue weighted by atomic mass is 9.96. The van der Waals surface area contributed by atoms with Crippen molar-refractivity contribution >= 4 is 43.1 Å². The summed E-state index contributed by atoms with van der Waals surface area (Å²) in [4.78, 5) is 15.7. The van der Waals surface area contributed by atoms with Crippen LogP contribution in [0.4, 0.5) is 0 Å². The number of nitrogens with zero attached hydrogens (tertiary/aromatic N) is 3. The van der Waals surface area contributed by atoms with Crippen molar-refractivity contribution in [3.05, 3.63) is 212 Å². The molecule has 3 heteroatoms. The normalized spacial score (nSPS) is 11.4. The van der Waals surface area contributed by atoms with Gasteiger partial charge in [0.1, 0.15) is 0 Å². The minimum absolute atomic E-state index is 0.631. The molecule has 0 aliphatic carbocycles. The molecule has 0 spiro atoms. The number of fused-ring (bicyclic) bond motifs is 4. The molecular weight excluding hydrogens is 703 g/mol. The number of benzene rings is 10. The van der Waals surface area contributed by atoms with Crippen LogP contribution in [0.2, 0.25) is 0 Å². The summed E-state index contributed by atoms with van der Waals surface area (Å²) in [5, 5.41) is 9.42. The van der Waals surface area contributed by atoms with Crippen LogP contribution in [0.5, 0.6) is 0 Å². The third-order valence-electron chi connectivity index (χ3n) is 11.3. The van der Waals surface area contributed by atoms with Crippen LogP contribution in [0.3, 0.4) is 0 Å². The van der Waals surface area contributed by atoms with Gasteiger partial charge in [0.25, 0.3) is 0 Å². The molecule has 0 amide bonds. The van der Waals surface area contributed by atoms with E-state index >= 15 is 0 Å². The Balaban J connectivity index is 1.05. The maximum Gasteiger partial charge on any atom is 0.164 e. The van der Waals surface area contributed by atoms with Crippen LogP contribution in [-0.4, -0.2) is 15.0 Å². The Bertz CT molecular complexity index is 3340. The highest BCUT2D eigenvalue weighted by atomic mass is 15.0. The highest BCUT2D eigenvalue weighted by Crippen LogP contribution is 2.36. The maximum atomic E-state index is 5.23. The Morgan fingerprint density at radius 3 is 1.45 bits per heavy atom. The SMILES string of the molecule is c1ccc(-c2ccc3c(-c4nc(-c5cccc(-c6cccc7ccccc67)c5)nc(-c5ccc6cc(-c7ccc8ccccc8c7)ccc6c5)n4)cccc3c2)cc1. The van der Waals surface area contributed by atoms with Crippen LogP contribution in [0.25, 0.3) is 111 Å². The molecule has 1 aromatic heterocycles. The zero-order valence-corrected chi connectivity index (χ0v) is 31.5. The number of rotatable bonds is 6. The molecule has 11 rings (SSSR count). The molecule has 3 nitrogen and oxygen atoms in total. The lowest BCUT2D eigenvalue weighted by Gasteiger charge is -2.13. The second kappa shape index (κ2) is 14.1. The summed E-state index contributed by atoms with van der Waals surface area (Å²) < 4.78 is 0. The summed E-state index contributed by atoms with van der Waals surface area (Å²) in [6.07, 6.45) is 0. The molecule has 0 bridgehead atoms. The van der Waals surface area contributed by atoms with Crippen LogP contribution in [0.15, 0.2) is 212 Å². The van der Waals surface area contributed by atoms with Gasteiger partial charge in [-0.15, -0.1) is 0 Å². The zero-order chi connectivity index (χ0) is 38.4. The molecular formula is C55H35N3. The molecule has 270 valence electrons. The Morgan fingerprint density at radius 2 is 0.655 bits per heavy atom. The summed E-state index contributed by atoms with van der Waals surface area (Å²) in [5.41, 5.74) is 9.88. The van der Waals surface area contributed by atoms with E-state index in [0.29, 0.717) is 17.5 Å². The smallest absolute Gasteiger partial charge is 0.164 e. The Morgan fingerprint density at radius 1 is 0.207 bits per heavy atom. The van der Waals surface area contributed by atoms with Gasteiger partial charge in [0.15, 0.2) is 17.5 Å². The Labute approximate surface area is 336 Å². The van der Waals surface area contributed by atoms with Crippen LogP contribution in [0.1, 0.15) is 0 Å². The predicted molar refractivity (Wildman–Crippen MR) is 242 cm³/mol. The van der Waals surface area contributed by atoms with Crippen molar-refractivity contribution in [2.24, 2.45) is 0 Å². The van der Waals surface area contributed by atoms with Crippen molar-refractivity contribution in [3.63, 3.8) is 0 Å². The van der Waals surface area contributed by atoms with E-state index in [2.05, 4.69) is 212 Å². The highest BCUT2D eigenvalue weighted by Gasteiger charge is 2.16. The molecule has 0 N–H and O–H groups in total. The Kier molecular flexibility index (Phi) is 8.15. The van der Waals surface area contributed by atoms with Gasteiger partial charge in [-0.2, -0.15) is 0 Å². The summed E-state index contributed by atoms with van der Waals surface area (Å²) in [6.45, 7) is 0. The van der Waals surface area contributed by atoms with Crippen molar-refractivity contribution in [1.82, 2.24) is 15.0 Å². The van der Waals surface area contributed by atoms with Gasteiger partial charge in [0.2, 0.25) is 0 Å². The molecule has 0 saturated carbocycles. The van der Waals surface area contributed by atoms with Gasteiger partial charge >= 0.3 is 0 Å². The van der Waals surface area contributed by atoms with Gasteiger partial charge in [0, 0.05) is 16.7 Å². The number of hydrogen-bond acceptors (Lipinski definition) is 3. The van der Waals surface area contributed by atoms with Crippen LogP contribution in [-0.2, 0) is 0 Å². The number of hydrogen-bond donors (Lipinski definition) is 0. The fourth-order valence-corrected chi connectivity index (χ4v) is 8.28. The molecule has 0 atom stereocenters. The summed E-state index contributed by atoms with van der Waals surface area (Å²) >= 11 is 0. The lowest BCUT2D eigenvalue weighted by Crippen LogP contribution is -2.01. The van der Waals surface area contributed by atoms with E-state index in [-0.39, 0.29) is 0 Å². The first kappa shape index (κ1) is 33.6. The fourth-order valence-electron chi connectivity index (χ4n) is 8.28. The van der Waals surface area contributed by atoms with Crippen LogP contribution < -0.4 is 0 Å². The first-order valence-corrected chi connectivity index (χ1v) is 19.7. The zero-order valence-electron chi connectivity index (χ0n) is 31.5. The van der Waals surface area contributed by atoms with E-state index in [0.717, 1.165) is 43.8 Å². The fraction of sp³-hybridized carbons (Fsp3) is 0. The minimum atomic E-state index is 0.631. The van der Waals surface area contributed by atoms with Gasteiger partial charge in [0.05, 0.1) is 0 Å². The van der Waals surface area contributed by atoms with Crippen molar-refractivity contribution in [2.45, 2.75) is 0 Å². The van der Waals surface area contributed by atoms with Crippen molar-refractivity contribution in [3.8, 4) is 67.5 Å². The van der Waals surface area contributed by atoms with Crippen LogP contribution >= 0.6 is 0 Å². The van der Waals surface area contributed by atoms with E-state index < -0.39 is 0 Å². The minimum Gasteiger partial charge on any atom is -0.208 e. The molecule has 0 saturated heterocycles. The van der Waals surface area contributed by atoms with E-state index in [1.54, 1.807) is 0 Å². The van der Waals surface area contributed by atoms with Crippen molar-refractivity contribution in [1.29, 1.82) is 0 Å². The molecule has 10 aromatic carbocycles. The quantitative estimate of drug-likeness (QED) is 0.171. The Hall–Kier alpha value is -7.75. The van der Waals surface area contributed by atoms with Gasteiger partial charge in [-0.3, -0.25) is 0 Å². The van der Waals surface area contributed by atoms with E-state index in [1.165, 1.54) is 49.4 Å². The van der Waals surface area contributed by atoms with Gasteiger partial charge in [-0.05, 0) is 107 Å². The first-order valence-electron chi connectivity index (χ1n) is 19.7. The van der Waals surface area contributed by atoms with E-state index in [1.807, 2.05) is 0 Å². The summed E-state index contributed by atoms with van der Waals surface area (Å²) in [7, 11) is 0. The summed E-state index contributed by atoms with van der Waals surface area (Å²) in [5.74, 6) is 1.90. The first-order chi connectivity index (χ1) is 28.7. The standard InChI is InChI=1S/C55H35N3/c1-2-11-36(12-3-1)40-29-30-51-45(33-40)18-10-22-52(51)55-57-53(47-19-8-17-46(35-47)50-21-9-16-38-14-6-7-20-49(38)50)56-54(58-55)48-28-27-43-32-42(25-26-44(43)34-48)41-24-23-37-13-4-5-15-39(37)31-41/h1-35H. The largest absolute Gasteiger partial charge is 0.208 e. The van der Waals surface area contributed by atoms with Gasteiger partial charge in [-0.25, -0.2) is 15.0 Å². The average Bonchev–Trinajstić information content (AvgIpc) is 3.30. The van der Waals surface area contributed by atoms with Crippen LogP contribution in [0, 0.1) is 0 Å². The number of aromatic nitrogens is 3. The second-order valence-corrected chi connectivity index (χ2v) is 14.9. The second-order valence-electron chi connectivity index (χ2n) is 14.9. The van der Waals surface area contributed by atoms with Crippen molar-refractivity contribution < 1.29 is 0 Å². The molecule has 0 aliphatic rings. The molecule has 0 fully saturated rings. The lowest BCUT2D eigenvalue weighted by molar-refractivity contribution is 1.08. The molecule has 11 aromatic rings. The monoisotopic (exact) mass is 737 g/mol. The predicted octanol–water partition coefficient (Wildman–Crippen LogP) is 14.5. The molecule has 0 aliphatic heterocycles. The molecule has 0 radical (unpaired) electrons. The summed E-state index contributed by atoms with van der Waals surface area (Å²) in [6, 6.07) is 75.5. The molecule has 0 unspecified atom stereocenters. The third-order valence-corrected chi connectivity index (χ3v) is 11.3. The topological polar surface area (TPSA) is 38.7 Å². The van der Waals surface area contributed by atoms with Crippen molar-refractivity contribution in [2.75, 3.05) is 0 Å². The average molecular weight is 738 g/mol.